The van der Waals surface area contributed by atoms with E-state index < -0.39 is 11.7 Å². The molecule has 6 nitrogen and oxygen atoms in total. The Hall–Kier alpha value is -2.84. The van der Waals surface area contributed by atoms with Gasteiger partial charge in [0.05, 0.1) is 12.1 Å². The molecule has 0 N–H and O–H groups in total. The second-order valence-corrected chi connectivity index (χ2v) is 6.48. The molecule has 0 unspecified atom stereocenters. The number of carbonyl (C=O) groups is 1. The summed E-state index contributed by atoms with van der Waals surface area (Å²) in [7, 11) is 0. The SMILES string of the molecule is Cc1nccc(O[C@H]2CCCN(C(=O)COc3cccc(C(F)(F)F)c3)C2)n1. The molecular formula is C19H20F3N3O3. The van der Waals surface area contributed by atoms with Crippen molar-refractivity contribution in [1.82, 2.24) is 14.9 Å². The maximum absolute atomic E-state index is 12.8. The molecule has 28 heavy (non-hydrogen) atoms. The molecule has 2 heterocycles. The number of likely N-dealkylation sites (tertiary alicyclic amines) is 1. The minimum atomic E-state index is -4.46. The molecule has 1 aliphatic heterocycles. The monoisotopic (exact) mass is 395 g/mol. The Morgan fingerprint density at radius 1 is 1.32 bits per heavy atom. The smallest absolute Gasteiger partial charge is 0.416 e. The first-order valence-electron chi connectivity index (χ1n) is 8.85. The number of carbonyl (C=O) groups excluding carboxylic acids is 1. The maximum Gasteiger partial charge on any atom is 0.416 e. The van der Waals surface area contributed by atoms with Gasteiger partial charge in [-0.15, -0.1) is 0 Å². The maximum atomic E-state index is 12.8. The normalized spacial score (nSPS) is 17.3. The van der Waals surface area contributed by atoms with Gasteiger partial charge in [-0.05, 0) is 38.0 Å². The third-order valence-corrected chi connectivity index (χ3v) is 4.29. The van der Waals surface area contributed by atoms with Gasteiger partial charge in [-0.25, -0.2) is 4.98 Å². The number of hydrogen-bond acceptors (Lipinski definition) is 5. The van der Waals surface area contributed by atoms with Crippen LogP contribution in [0.25, 0.3) is 0 Å². The number of aromatic nitrogens is 2. The molecule has 1 aromatic carbocycles. The van der Waals surface area contributed by atoms with E-state index in [0.29, 0.717) is 24.8 Å². The van der Waals surface area contributed by atoms with Crippen LogP contribution in [0.3, 0.4) is 0 Å². The lowest BCUT2D eigenvalue weighted by Crippen LogP contribution is -2.46. The molecule has 2 aromatic rings. The number of piperidine rings is 1. The summed E-state index contributed by atoms with van der Waals surface area (Å²) in [6, 6.07) is 6.13. The summed E-state index contributed by atoms with van der Waals surface area (Å²) in [5, 5.41) is 0. The van der Waals surface area contributed by atoms with Gasteiger partial charge in [0, 0.05) is 18.8 Å². The average Bonchev–Trinajstić information content (AvgIpc) is 2.66. The lowest BCUT2D eigenvalue weighted by Gasteiger charge is -2.32. The summed E-state index contributed by atoms with van der Waals surface area (Å²) in [6.07, 6.45) is -1.53. The third kappa shape index (κ3) is 5.34. The van der Waals surface area contributed by atoms with Crippen molar-refractivity contribution in [2.45, 2.75) is 32.0 Å². The Balaban J connectivity index is 1.54. The van der Waals surface area contributed by atoms with Gasteiger partial charge in [0.1, 0.15) is 17.7 Å². The van der Waals surface area contributed by atoms with Gasteiger partial charge in [0.2, 0.25) is 5.88 Å². The molecule has 0 saturated carbocycles. The van der Waals surface area contributed by atoms with Crippen molar-refractivity contribution in [3.05, 3.63) is 47.9 Å². The van der Waals surface area contributed by atoms with Crippen LogP contribution in [0.15, 0.2) is 36.5 Å². The molecule has 1 amide bonds. The molecule has 0 bridgehead atoms. The molecule has 1 aromatic heterocycles. The topological polar surface area (TPSA) is 64.5 Å². The van der Waals surface area contributed by atoms with Crippen molar-refractivity contribution in [1.29, 1.82) is 0 Å². The minimum Gasteiger partial charge on any atom is -0.484 e. The van der Waals surface area contributed by atoms with Crippen molar-refractivity contribution in [2.24, 2.45) is 0 Å². The number of nitrogens with zero attached hydrogens (tertiary/aromatic N) is 3. The minimum absolute atomic E-state index is 0.00412. The number of amides is 1. The average molecular weight is 395 g/mol. The van der Waals surface area contributed by atoms with Crippen molar-refractivity contribution in [3.63, 3.8) is 0 Å². The van der Waals surface area contributed by atoms with E-state index in [1.54, 1.807) is 24.1 Å². The fourth-order valence-corrected chi connectivity index (χ4v) is 2.93. The zero-order valence-corrected chi connectivity index (χ0v) is 15.3. The first-order valence-corrected chi connectivity index (χ1v) is 8.85. The van der Waals surface area contributed by atoms with E-state index in [2.05, 4.69) is 9.97 Å². The number of hydrogen-bond donors (Lipinski definition) is 0. The lowest BCUT2D eigenvalue weighted by atomic mass is 10.1. The van der Waals surface area contributed by atoms with Crippen LogP contribution in [0.5, 0.6) is 11.6 Å². The molecule has 0 radical (unpaired) electrons. The molecule has 1 saturated heterocycles. The number of ether oxygens (including phenoxy) is 2. The predicted molar refractivity (Wildman–Crippen MR) is 93.9 cm³/mol. The first kappa shape index (κ1) is 19.9. The lowest BCUT2D eigenvalue weighted by molar-refractivity contribution is -0.137. The van der Waals surface area contributed by atoms with Gasteiger partial charge in [-0.3, -0.25) is 4.79 Å². The van der Waals surface area contributed by atoms with Gasteiger partial charge in [-0.2, -0.15) is 18.2 Å². The first-order chi connectivity index (χ1) is 13.3. The van der Waals surface area contributed by atoms with E-state index in [4.69, 9.17) is 9.47 Å². The highest BCUT2D eigenvalue weighted by molar-refractivity contribution is 5.77. The molecule has 150 valence electrons. The van der Waals surface area contributed by atoms with Gasteiger partial charge in [-0.1, -0.05) is 6.07 Å². The number of rotatable bonds is 5. The van der Waals surface area contributed by atoms with Crippen LogP contribution in [0.2, 0.25) is 0 Å². The van der Waals surface area contributed by atoms with Crippen molar-refractivity contribution in [3.8, 4) is 11.6 Å². The Labute approximate surface area is 160 Å². The van der Waals surface area contributed by atoms with Gasteiger partial charge in [0.15, 0.2) is 6.61 Å². The number of benzene rings is 1. The molecule has 1 fully saturated rings. The standard InChI is InChI=1S/C19H20F3N3O3/c1-13-23-8-7-17(24-13)28-16-6-3-9-25(11-16)18(26)12-27-15-5-2-4-14(10-15)19(20,21)22/h2,4-5,7-8,10,16H,3,6,9,11-12H2,1H3/t16-/m0/s1. The molecule has 3 rings (SSSR count). The highest BCUT2D eigenvalue weighted by atomic mass is 19.4. The van der Waals surface area contributed by atoms with E-state index in [9.17, 15) is 18.0 Å². The molecule has 0 spiro atoms. The Morgan fingerprint density at radius 3 is 2.89 bits per heavy atom. The van der Waals surface area contributed by atoms with E-state index in [-0.39, 0.29) is 24.4 Å². The highest BCUT2D eigenvalue weighted by Crippen LogP contribution is 2.31. The summed E-state index contributed by atoms with van der Waals surface area (Å²) in [6.45, 7) is 2.34. The summed E-state index contributed by atoms with van der Waals surface area (Å²) < 4.78 is 49.3. The van der Waals surface area contributed by atoms with E-state index in [1.807, 2.05) is 0 Å². The zero-order valence-electron chi connectivity index (χ0n) is 15.3. The van der Waals surface area contributed by atoms with Crippen LogP contribution >= 0.6 is 0 Å². The zero-order chi connectivity index (χ0) is 20.1. The fourth-order valence-electron chi connectivity index (χ4n) is 2.93. The Bertz CT molecular complexity index is 829. The van der Waals surface area contributed by atoms with Gasteiger partial charge >= 0.3 is 6.18 Å². The van der Waals surface area contributed by atoms with Crippen molar-refractivity contribution in [2.75, 3.05) is 19.7 Å². The van der Waals surface area contributed by atoms with Gasteiger partial charge in [0.25, 0.3) is 5.91 Å². The van der Waals surface area contributed by atoms with Crippen LogP contribution in [0, 0.1) is 6.92 Å². The van der Waals surface area contributed by atoms with Crippen LogP contribution in [-0.2, 0) is 11.0 Å². The second kappa shape index (κ2) is 8.45. The molecule has 1 aliphatic rings. The molecular weight excluding hydrogens is 375 g/mol. The van der Waals surface area contributed by atoms with Crippen molar-refractivity contribution >= 4 is 5.91 Å². The number of aryl methyl sites for hydroxylation is 1. The largest absolute Gasteiger partial charge is 0.484 e. The summed E-state index contributed by atoms with van der Waals surface area (Å²) in [4.78, 5) is 22.2. The molecule has 9 heteroatoms. The second-order valence-electron chi connectivity index (χ2n) is 6.48. The van der Waals surface area contributed by atoms with Gasteiger partial charge < -0.3 is 14.4 Å². The van der Waals surface area contributed by atoms with Crippen LogP contribution in [0.1, 0.15) is 24.2 Å². The number of halogens is 3. The third-order valence-electron chi connectivity index (χ3n) is 4.29. The Morgan fingerprint density at radius 2 is 2.14 bits per heavy atom. The van der Waals surface area contributed by atoms with E-state index >= 15 is 0 Å². The predicted octanol–water partition coefficient (Wildman–Crippen LogP) is 3.25. The highest BCUT2D eigenvalue weighted by Gasteiger charge is 2.31. The van der Waals surface area contributed by atoms with Crippen molar-refractivity contribution < 1.29 is 27.4 Å². The van der Waals surface area contributed by atoms with E-state index in [0.717, 1.165) is 25.0 Å². The quantitative estimate of drug-likeness (QED) is 0.778. The fraction of sp³-hybridized carbons (Fsp3) is 0.421. The molecule has 0 aliphatic carbocycles. The summed E-state index contributed by atoms with van der Waals surface area (Å²) in [5.41, 5.74) is -0.816. The number of alkyl halides is 3. The van der Waals surface area contributed by atoms with Crippen LogP contribution in [0.4, 0.5) is 13.2 Å². The summed E-state index contributed by atoms with van der Waals surface area (Å²) >= 11 is 0. The Kier molecular flexibility index (Phi) is 6.01. The molecule has 1 atom stereocenters. The van der Waals surface area contributed by atoms with E-state index in [1.165, 1.54) is 12.1 Å². The van der Waals surface area contributed by atoms with Crippen LogP contribution < -0.4 is 9.47 Å². The summed E-state index contributed by atoms with van der Waals surface area (Å²) in [5.74, 6) is 0.747. The van der Waals surface area contributed by atoms with Crippen LogP contribution in [-0.4, -0.2) is 46.6 Å².